The van der Waals surface area contributed by atoms with Crippen molar-refractivity contribution in [2.24, 2.45) is 0 Å². The molecule has 1 aromatic heterocycles. The number of nitrogens with one attached hydrogen (secondary N) is 2. The van der Waals surface area contributed by atoms with Gasteiger partial charge in [-0.15, -0.1) is 11.3 Å². The van der Waals surface area contributed by atoms with Crippen molar-refractivity contribution in [3.05, 3.63) is 21.9 Å². The van der Waals surface area contributed by atoms with E-state index in [-0.39, 0.29) is 5.91 Å². The van der Waals surface area contributed by atoms with Gasteiger partial charge in [0.15, 0.2) is 0 Å². The number of hydrogen-bond donors (Lipinski definition) is 2. The van der Waals surface area contributed by atoms with Crippen LogP contribution >= 0.6 is 11.3 Å². The Hall–Kier alpha value is -0.870. The standard InChI is InChI=1S/C14H20N2OS/c1-10-3-4-12(18-10)13(17)16-11-5-8-15-14(9-11)6-2-7-14/h3-4,11,15H,2,5-9H2,1H3,(H,16,17). The van der Waals surface area contributed by atoms with Crippen LogP contribution in [0.25, 0.3) is 0 Å². The summed E-state index contributed by atoms with van der Waals surface area (Å²) >= 11 is 1.58. The lowest BCUT2D eigenvalue weighted by molar-refractivity contribution is 0.0857. The largest absolute Gasteiger partial charge is 0.348 e. The zero-order chi connectivity index (χ0) is 12.6. The summed E-state index contributed by atoms with van der Waals surface area (Å²) in [5, 5.41) is 6.83. The molecule has 1 unspecified atom stereocenters. The summed E-state index contributed by atoms with van der Waals surface area (Å²) < 4.78 is 0. The van der Waals surface area contributed by atoms with E-state index in [4.69, 9.17) is 0 Å². The van der Waals surface area contributed by atoms with Gasteiger partial charge in [0.05, 0.1) is 4.88 Å². The number of amides is 1. The van der Waals surface area contributed by atoms with Gasteiger partial charge >= 0.3 is 0 Å². The molecule has 1 amide bonds. The van der Waals surface area contributed by atoms with Crippen molar-refractivity contribution in [2.75, 3.05) is 6.54 Å². The number of aryl methyl sites for hydroxylation is 1. The Morgan fingerprint density at radius 1 is 1.50 bits per heavy atom. The molecule has 1 saturated carbocycles. The Bertz CT molecular complexity index is 450. The quantitative estimate of drug-likeness (QED) is 0.861. The molecule has 1 aliphatic carbocycles. The number of carbonyl (C=O) groups is 1. The van der Waals surface area contributed by atoms with Gasteiger partial charge in [-0.3, -0.25) is 4.79 Å². The molecular formula is C14H20N2OS. The van der Waals surface area contributed by atoms with Gasteiger partial charge in [-0.25, -0.2) is 0 Å². The summed E-state index contributed by atoms with van der Waals surface area (Å²) in [6.07, 6.45) is 6.04. The second kappa shape index (κ2) is 4.67. The fourth-order valence-corrected chi connectivity index (χ4v) is 3.85. The third-order valence-corrected chi connectivity index (χ3v) is 5.24. The third kappa shape index (κ3) is 2.31. The predicted molar refractivity (Wildman–Crippen MR) is 74.1 cm³/mol. The SMILES string of the molecule is Cc1ccc(C(=O)NC2CCNC3(CCC3)C2)s1. The molecule has 1 atom stereocenters. The Balaban J connectivity index is 1.60. The van der Waals surface area contributed by atoms with Crippen LogP contribution in [0.1, 0.15) is 46.7 Å². The van der Waals surface area contributed by atoms with Crippen LogP contribution in [-0.2, 0) is 0 Å². The molecule has 98 valence electrons. The molecule has 1 spiro atoms. The highest BCUT2D eigenvalue weighted by Gasteiger charge is 2.41. The Morgan fingerprint density at radius 3 is 2.94 bits per heavy atom. The first-order chi connectivity index (χ1) is 8.67. The van der Waals surface area contributed by atoms with Gasteiger partial charge < -0.3 is 10.6 Å². The summed E-state index contributed by atoms with van der Waals surface area (Å²) in [4.78, 5) is 14.2. The number of hydrogen-bond acceptors (Lipinski definition) is 3. The first-order valence-corrected chi connectivity index (χ1v) is 7.61. The molecule has 1 aliphatic heterocycles. The highest BCUT2D eigenvalue weighted by atomic mass is 32.1. The van der Waals surface area contributed by atoms with E-state index in [9.17, 15) is 4.79 Å². The van der Waals surface area contributed by atoms with Crippen molar-refractivity contribution >= 4 is 17.2 Å². The molecule has 0 radical (unpaired) electrons. The van der Waals surface area contributed by atoms with E-state index in [1.807, 2.05) is 19.1 Å². The maximum atomic E-state index is 12.1. The van der Waals surface area contributed by atoms with E-state index in [0.29, 0.717) is 11.6 Å². The lowest BCUT2D eigenvalue weighted by atomic mass is 9.70. The smallest absolute Gasteiger partial charge is 0.261 e. The average molecular weight is 264 g/mol. The molecule has 3 rings (SSSR count). The maximum Gasteiger partial charge on any atom is 0.261 e. The number of piperidine rings is 1. The number of carbonyl (C=O) groups excluding carboxylic acids is 1. The average Bonchev–Trinajstić information content (AvgIpc) is 2.74. The molecule has 4 heteroatoms. The Morgan fingerprint density at radius 2 is 2.33 bits per heavy atom. The van der Waals surface area contributed by atoms with Gasteiger partial charge in [-0.05, 0) is 57.7 Å². The second-order valence-corrected chi connectivity index (χ2v) is 6.92. The van der Waals surface area contributed by atoms with Crippen molar-refractivity contribution < 1.29 is 4.79 Å². The van der Waals surface area contributed by atoms with E-state index >= 15 is 0 Å². The van der Waals surface area contributed by atoms with Gasteiger partial charge in [-0.1, -0.05) is 0 Å². The molecule has 1 saturated heterocycles. The summed E-state index contributed by atoms with van der Waals surface area (Å²) in [5.74, 6) is 0.106. The molecule has 3 nitrogen and oxygen atoms in total. The van der Waals surface area contributed by atoms with Crippen LogP contribution in [0, 0.1) is 6.92 Å². The van der Waals surface area contributed by atoms with Crippen LogP contribution < -0.4 is 10.6 Å². The van der Waals surface area contributed by atoms with Crippen LogP contribution in [0.4, 0.5) is 0 Å². The lowest BCUT2D eigenvalue weighted by Crippen LogP contribution is -2.59. The Kier molecular flexibility index (Phi) is 3.16. The van der Waals surface area contributed by atoms with Gasteiger partial charge in [0.2, 0.25) is 0 Å². The molecule has 2 aliphatic rings. The van der Waals surface area contributed by atoms with Crippen LogP contribution in [0.2, 0.25) is 0 Å². The molecular weight excluding hydrogens is 244 g/mol. The zero-order valence-electron chi connectivity index (χ0n) is 10.8. The van der Waals surface area contributed by atoms with Crippen molar-refractivity contribution in [1.82, 2.24) is 10.6 Å². The Labute approximate surface area is 112 Å². The minimum atomic E-state index is 0.106. The second-order valence-electron chi connectivity index (χ2n) is 5.63. The maximum absolute atomic E-state index is 12.1. The van der Waals surface area contributed by atoms with Crippen molar-refractivity contribution in [1.29, 1.82) is 0 Å². The zero-order valence-corrected chi connectivity index (χ0v) is 11.6. The highest BCUT2D eigenvalue weighted by molar-refractivity contribution is 7.13. The van der Waals surface area contributed by atoms with Crippen molar-refractivity contribution in [3.63, 3.8) is 0 Å². The van der Waals surface area contributed by atoms with Crippen LogP contribution in [0.15, 0.2) is 12.1 Å². The fourth-order valence-electron chi connectivity index (χ4n) is 3.08. The summed E-state index contributed by atoms with van der Waals surface area (Å²) in [5.41, 5.74) is 0.349. The van der Waals surface area contributed by atoms with E-state index in [1.165, 1.54) is 24.1 Å². The van der Waals surface area contributed by atoms with Gasteiger partial charge in [0, 0.05) is 16.5 Å². The molecule has 2 N–H and O–H groups in total. The van der Waals surface area contributed by atoms with E-state index in [1.54, 1.807) is 11.3 Å². The normalized spacial score (nSPS) is 25.7. The topological polar surface area (TPSA) is 41.1 Å². The van der Waals surface area contributed by atoms with Gasteiger partial charge in [-0.2, -0.15) is 0 Å². The minimum absolute atomic E-state index is 0.106. The molecule has 2 heterocycles. The third-order valence-electron chi connectivity index (χ3n) is 4.24. The predicted octanol–water partition coefficient (Wildman–Crippen LogP) is 2.46. The fraction of sp³-hybridized carbons (Fsp3) is 0.643. The van der Waals surface area contributed by atoms with Crippen molar-refractivity contribution in [3.8, 4) is 0 Å². The summed E-state index contributed by atoms with van der Waals surface area (Å²) in [7, 11) is 0. The van der Waals surface area contributed by atoms with Crippen LogP contribution in [0.3, 0.4) is 0 Å². The van der Waals surface area contributed by atoms with Crippen molar-refractivity contribution in [2.45, 2.75) is 50.6 Å². The molecule has 18 heavy (non-hydrogen) atoms. The number of thiophene rings is 1. The molecule has 2 fully saturated rings. The monoisotopic (exact) mass is 264 g/mol. The van der Waals surface area contributed by atoms with Gasteiger partial charge in [0.1, 0.15) is 0 Å². The first kappa shape index (κ1) is 12.2. The molecule has 0 aromatic carbocycles. The van der Waals surface area contributed by atoms with Gasteiger partial charge in [0.25, 0.3) is 5.91 Å². The van der Waals surface area contributed by atoms with Crippen LogP contribution in [-0.4, -0.2) is 24.0 Å². The van der Waals surface area contributed by atoms with E-state index in [0.717, 1.165) is 24.3 Å². The molecule has 1 aromatic rings. The van der Waals surface area contributed by atoms with E-state index < -0.39 is 0 Å². The molecule has 0 bridgehead atoms. The lowest BCUT2D eigenvalue weighted by Gasteiger charge is -2.48. The van der Waals surface area contributed by atoms with E-state index in [2.05, 4.69) is 10.6 Å². The first-order valence-electron chi connectivity index (χ1n) is 6.79. The summed E-state index contributed by atoms with van der Waals surface area (Å²) in [6, 6.07) is 4.28. The summed E-state index contributed by atoms with van der Waals surface area (Å²) in [6.45, 7) is 3.07. The van der Waals surface area contributed by atoms with Crippen LogP contribution in [0.5, 0.6) is 0 Å². The minimum Gasteiger partial charge on any atom is -0.348 e. The number of rotatable bonds is 2. The highest BCUT2D eigenvalue weighted by Crippen LogP contribution is 2.38.